The van der Waals surface area contributed by atoms with Gasteiger partial charge in [0.1, 0.15) is 0 Å². The smallest absolute Gasteiger partial charge is 0.151 e. The molecular formula is C10H15ClO. The van der Waals surface area contributed by atoms with Crippen molar-refractivity contribution in [2.24, 2.45) is 11.3 Å². The van der Waals surface area contributed by atoms with Gasteiger partial charge in [-0.25, -0.2) is 0 Å². The highest BCUT2D eigenvalue weighted by molar-refractivity contribution is 6.28. The molecule has 2 aliphatic rings. The lowest BCUT2D eigenvalue weighted by molar-refractivity contribution is -0.118. The average Bonchev–Trinajstić information content (AvgIpc) is 2.80. The third kappa shape index (κ3) is 1.28. The molecule has 2 heteroatoms. The number of hydrogen-bond acceptors (Lipinski definition) is 1. The molecular weight excluding hydrogens is 172 g/mol. The number of ketones is 1. The van der Waals surface area contributed by atoms with Gasteiger partial charge in [0, 0.05) is 5.92 Å². The highest BCUT2D eigenvalue weighted by Crippen LogP contribution is 2.61. The molecule has 0 N–H and O–H groups in total. The Labute approximate surface area is 78.5 Å². The van der Waals surface area contributed by atoms with E-state index >= 15 is 0 Å². The number of carbonyl (C=O) groups is 1. The van der Waals surface area contributed by atoms with E-state index in [1.54, 1.807) is 0 Å². The highest BCUT2D eigenvalue weighted by atomic mass is 35.5. The van der Waals surface area contributed by atoms with Crippen molar-refractivity contribution >= 4 is 17.4 Å². The maximum absolute atomic E-state index is 11.3. The molecule has 1 atom stereocenters. The van der Waals surface area contributed by atoms with Gasteiger partial charge in [0.25, 0.3) is 0 Å². The van der Waals surface area contributed by atoms with Crippen molar-refractivity contribution in [3.63, 3.8) is 0 Å². The third-order valence-electron chi connectivity index (χ3n) is 3.56. The number of alkyl halides is 1. The van der Waals surface area contributed by atoms with Gasteiger partial charge < -0.3 is 0 Å². The lowest BCUT2D eigenvalue weighted by Crippen LogP contribution is -2.15. The van der Waals surface area contributed by atoms with Gasteiger partial charge in [0.05, 0.1) is 5.88 Å². The summed E-state index contributed by atoms with van der Waals surface area (Å²) in [6.45, 7) is 0. The summed E-state index contributed by atoms with van der Waals surface area (Å²) in [5.74, 6) is 0.862. The Morgan fingerprint density at radius 1 is 1.33 bits per heavy atom. The first kappa shape index (κ1) is 8.55. The van der Waals surface area contributed by atoms with E-state index in [4.69, 9.17) is 11.6 Å². The largest absolute Gasteiger partial charge is 0.298 e. The zero-order chi connectivity index (χ0) is 8.60. The molecule has 0 aromatic carbocycles. The normalized spacial score (nSPS) is 31.9. The summed E-state index contributed by atoms with van der Waals surface area (Å²) >= 11 is 5.54. The Balaban J connectivity index is 1.95. The van der Waals surface area contributed by atoms with Crippen LogP contribution in [-0.4, -0.2) is 11.7 Å². The first-order chi connectivity index (χ1) is 5.78. The lowest BCUT2D eigenvalue weighted by Gasteiger charge is -2.21. The van der Waals surface area contributed by atoms with Crippen LogP contribution in [0.5, 0.6) is 0 Å². The van der Waals surface area contributed by atoms with Gasteiger partial charge in [0.15, 0.2) is 5.78 Å². The summed E-state index contributed by atoms with van der Waals surface area (Å²) in [7, 11) is 0. The fraction of sp³-hybridized carbons (Fsp3) is 0.900. The minimum absolute atomic E-state index is 0.229. The van der Waals surface area contributed by atoms with Crippen LogP contribution >= 0.6 is 11.6 Å². The average molecular weight is 187 g/mol. The number of Topliss-reactive ketones (excluding diaryl/α,β-unsaturated/α-hetero) is 1. The summed E-state index contributed by atoms with van der Waals surface area (Å²) in [5, 5.41) is 0. The van der Waals surface area contributed by atoms with Gasteiger partial charge in [-0.15, -0.1) is 11.6 Å². The Morgan fingerprint density at radius 2 is 2.00 bits per heavy atom. The van der Waals surface area contributed by atoms with Crippen LogP contribution in [0.15, 0.2) is 0 Å². The highest BCUT2D eigenvalue weighted by Gasteiger charge is 2.56. The van der Waals surface area contributed by atoms with Crippen LogP contribution in [0.3, 0.4) is 0 Å². The van der Waals surface area contributed by atoms with E-state index in [1.807, 2.05) is 0 Å². The molecule has 1 spiro atoms. The molecule has 0 radical (unpaired) electrons. The predicted octanol–water partition coefficient (Wildman–Crippen LogP) is 2.76. The molecule has 0 saturated heterocycles. The maximum atomic E-state index is 11.3. The molecule has 68 valence electrons. The Hall–Kier alpha value is -0.0400. The van der Waals surface area contributed by atoms with Gasteiger partial charge in [-0.3, -0.25) is 4.79 Å². The lowest BCUT2D eigenvalue weighted by atomic mass is 9.84. The molecule has 1 nitrogen and oxygen atoms in total. The Morgan fingerprint density at radius 3 is 2.58 bits per heavy atom. The molecule has 2 fully saturated rings. The van der Waals surface area contributed by atoms with Crippen molar-refractivity contribution in [2.75, 3.05) is 5.88 Å². The van der Waals surface area contributed by atoms with Crippen molar-refractivity contribution in [1.29, 1.82) is 0 Å². The summed E-state index contributed by atoms with van der Waals surface area (Å²) in [6.07, 6.45) is 7.71. The van der Waals surface area contributed by atoms with E-state index in [1.165, 1.54) is 32.1 Å². The van der Waals surface area contributed by atoms with Crippen LogP contribution in [0.25, 0.3) is 0 Å². The first-order valence-electron chi connectivity index (χ1n) is 4.87. The zero-order valence-electron chi connectivity index (χ0n) is 7.31. The maximum Gasteiger partial charge on any atom is 0.151 e. The van der Waals surface area contributed by atoms with Crippen LogP contribution in [-0.2, 0) is 4.79 Å². The molecule has 0 aromatic heterocycles. The van der Waals surface area contributed by atoms with Gasteiger partial charge in [0.2, 0.25) is 0 Å². The summed E-state index contributed by atoms with van der Waals surface area (Å²) in [6, 6.07) is 0. The molecule has 2 saturated carbocycles. The summed E-state index contributed by atoms with van der Waals surface area (Å²) in [5.41, 5.74) is 0.435. The second kappa shape index (κ2) is 3.02. The minimum atomic E-state index is 0.229. The van der Waals surface area contributed by atoms with E-state index in [9.17, 15) is 4.79 Å². The number of carbonyl (C=O) groups excluding carboxylic acids is 1. The monoisotopic (exact) mass is 186 g/mol. The van der Waals surface area contributed by atoms with E-state index in [-0.39, 0.29) is 5.88 Å². The molecule has 0 bridgehead atoms. The van der Waals surface area contributed by atoms with Gasteiger partial charge in [-0.05, 0) is 24.7 Å². The van der Waals surface area contributed by atoms with E-state index in [0.717, 1.165) is 6.42 Å². The second-order valence-corrected chi connectivity index (χ2v) is 4.55. The second-order valence-electron chi connectivity index (χ2n) is 4.28. The van der Waals surface area contributed by atoms with E-state index in [0.29, 0.717) is 17.1 Å². The minimum Gasteiger partial charge on any atom is -0.298 e. The first-order valence-corrected chi connectivity index (χ1v) is 5.41. The molecule has 1 unspecified atom stereocenters. The van der Waals surface area contributed by atoms with Gasteiger partial charge in [-0.1, -0.05) is 19.3 Å². The Kier molecular flexibility index (Phi) is 2.16. The molecule has 0 amide bonds. The van der Waals surface area contributed by atoms with Crippen molar-refractivity contribution in [3.8, 4) is 0 Å². The van der Waals surface area contributed by atoms with E-state index in [2.05, 4.69) is 0 Å². The topological polar surface area (TPSA) is 17.1 Å². The van der Waals surface area contributed by atoms with Gasteiger partial charge >= 0.3 is 0 Å². The van der Waals surface area contributed by atoms with Crippen molar-refractivity contribution in [1.82, 2.24) is 0 Å². The Bertz CT molecular complexity index is 194. The van der Waals surface area contributed by atoms with Crippen LogP contribution in [0.1, 0.15) is 38.5 Å². The summed E-state index contributed by atoms with van der Waals surface area (Å²) < 4.78 is 0. The number of halogens is 1. The van der Waals surface area contributed by atoms with Crippen molar-refractivity contribution in [3.05, 3.63) is 0 Å². The van der Waals surface area contributed by atoms with Crippen molar-refractivity contribution < 1.29 is 4.79 Å². The van der Waals surface area contributed by atoms with Crippen LogP contribution < -0.4 is 0 Å². The molecule has 0 aliphatic heterocycles. The molecule has 2 rings (SSSR count). The van der Waals surface area contributed by atoms with Gasteiger partial charge in [-0.2, -0.15) is 0 Å². The third-order valence-corrected chi connectivity index (χ3v) is 3.82. The number of rotatable bonds is 2. The van der Waals surface area contributed by atoms with Crippen LogP contribution in [0, 0.1) is 11.3 Å². The molecule has 2 aliphatic carbocycles. The molecule has 0 aromatic rings. The SMILES string of the molecule is O=C(CCl)C1CC12CCCCC2. The summed E-state index contributed by atoms with van der Waals surface area (Å²) in [4.78, 5) is 11.3. The molecule has 12 heavy (non-hydrogen) atoms. The molecule has 0 heterocycles. The van der Waals surface area contributed by atoms with Crippen LogP contribution in [0.2, 0.25) is 0 Å². The van der Waals surface area contributed by atoms with E-state index < -0.39 is 0 Å². The van der Waals surface area contributed by atoms with Crippen LogP contribution in [0.4, 0.5) is 0 Å². The predicted molar refractivity (Wildman–Crippen MR) is 49.4 cm³/mol. The standard InChI is InChI=1S/C10H15ClO/c11-7-9(12)8-6-10(8)4-2-1-3-5-10/h8H,1-7H2. The quantitative estimate of drug-likeness (QED) is 0.607. The fourth-order valence-corrected chi connectivity index (χ4v) is 2.89. The van der Waals surface area contributed by atoms with Crippen molar-refractivity contribution in [2.45, 2.75) is 38.5 Å². The zero-order valence-corrected chi connectivity index (χ0v) is 8.07. The number of hydrogen-bond donors (Lipinski definition) is 0. The fourth-order valence-electron chi connectivity index (χ4n) is 2.70.